The van der Waals surface area contributed by atoms with E-state index in [0.717, 1.165) is 0 Å². The van der Waals surface area contributed by atoms with E-state index in [1.54, 1.807) is 44.2 Å². The third kappa shape index (κ3) is 3.41. The molecule has 2 aliphatic carbocycles. The number of carbonyl (C=O) groups excluding carboxylic acids is 3. The van der Waals surface area contributed by atoms with Crippen LogP contribution in [0, 0.1) is 11.8 Å². The molecule has 2 aliphatic rings. The molecule has 0 spiro atoms. The highest BCUT2D eigenvalue weighted by Crippen LogP contribution is 2.49. The number of esters is 1. The van der Waals surface area contributed by atoms with Crippen LogP contribution in [-0.2, 0) is 19.0 Å². The summed E-state index contributed by atoms with van der Waals surface area (Å²) in [7, 11) is 0. The van der Waals surface area contributed by atoms with Crippen LogP contribution >= 0.6 is 0 Å². The number of amides is 1. The van der Waals surface area contributed by atoms with Crippen LogP contribution in [0.4, 0.5) is 4.79 Å². The number of carbonyl (C=O) groups is 3. The smallest absolute Gasteiger partial charge is 0.464 e. The highest BCUT2D eigenvalue weighted by molar-refractivity contribution is 5.99. The molecular formula is C20H23NO6. The Morgan fingerprint density at radius 3 is 2.44 bits per heavy atom. The molecule has 1 aromatic carbocycles. The van der Waals surface area contributed by atoms with Crippen molar-refractivity contribution in [2.75, 3.05) is 13.2 Å². The SMILES string of the molecule is CCOC(=O)O[C@@H]1[C@@H]2C=C[C@@H](C2)[C@]1(NC(=O)c1ccccc1)C(=O)OCC. The van der Waals surface area contributed by atoms with Gasteiger partial charge in [-0.1, -0.05) is 30.4 Å². The molecular weight excluding hydrogens is 350 g/mol. The molecule has 27 heavy (non-hydrogen) atoms. The summed E-state index contributed by atoms with van der Waals surface area (Å²) in [5.74, 6) is -1.56. The summed E-state index contributed by atoms with van der Waals surface area (Å²) in [6.45, 7) is 3.65. The van der Waals surface area contributed by atoms with Crippen LogP contribution in [0.3, 0.4) is 0 Å². The van der Waals surface area contributed by atoms with E-state index in [1.807, 2.05) is 12.2 Å². The number of nitrogens with one attached hydrogen (secondary N) is 1. The summed E-state index contributed by atoms with van der Waals surface area (Å²) in [5.41, 5.74) is -1.07. The zero-order chi connectivity index (χ0) is 19.4. The number of hydrogen-bond donors (Lipinski definition) is 1. The van der Waals surface area contributed by atoms with E-state index in [1.165, 1.54) is 0 Å². The fourth-order valence-electron chi connectivity index (χ4n) is 3.86. The first-order valence-electron chi connectivity index (χ1n) is 9.09. The van der Waals surface area contributed by atoms with Gasteiger partial charge in [-0.15, -0.1) is 0 Å². The topological polar surface area (TPSA) is 90.9 Å². The van der Waals surface area contributed by atoms with Crippen molar-refractivity contribution in [2.45, 2.75) is 31.9 Å². The Balaban J connectivity index is 1.95. The van der Waals surface area contributed by atoms with Gasteiger partial charge in [0, 0.05) is 17.4 Å². The van der Waals surface area contributed by atoms with E-state index in [4.69, 9.17) is 14.2 Å². The third-order valence-electron chi connectivity index (χ3n) is 4.99. The van der Waals surface area contributed by atoms with Crippen molar-refractivity contribution in [3.05, 3.63) is 48.0 Å². The van der Waals surface area contributed by atoms with Crippen LogP contribution in [0.2, 0.25) is 0 Å². The molecule has 4 atom stereocenters. The zero-order valence-corrected chi connectivity index (χ0v) is 15.3. The largest absolute Gasteiger partial charge is 0.508 e. The standard InChI is InChI=1S/C20H23NO6/c1-3-25-18(23)20(21-17(22)13-8-6-5-7-9-13)15-11-10-14(12-15)16(20)27-19(24)26-4-2/h5-11,14-16H,3-4,12H2,1-2H3,(H,21,22)/t14-,15+,16-,20-/m1/s1. The maximum atomic E-state index is 13.0. The second kappa shape index (κ2) is 7.82. The number of ether oxygens (including phenoxy) is 3. The Bertz CT molecular complexity index is 746. The van der Waals surface area contributed by atoms with Crippen molar-refractivity contribution in [1.82, 2.24) is 5.32 Å². The first kappa shape index (κ1) is 18.9. The lowest BCUT2D eigenvalue weighted by molar-refractivity contribution is -0.157. The highest BCUT2D eigenvalue weighted by Gasteiger charge is 2.64. The zero-order valence-electron chi connectivity index (χ0n) is 15.3. The van der Waals surface area contributed by atoms with Gasteiger partial charge in [-0.05, 0) is 32.4 Å². The van der Waals surface area contributed by atoms with E-state index >= 15 is 0 Å². The predicted molar refractivity (Wildman–Crippen MR) is 95.9 cm³/mol. The van der Waals surface area contributed by atoms with Crippen LogP contribution < -0.4 is 5.32 Å². The van der Waals surface area contributed by atoms with Gasteiger partial charge in [-0.2, -0.15) is 0 Å². The summed E-state index contributed by atoms with van der Waals surface area (Å²) < 4.78 is 15.6. The number of benzene rings is 1. The number of fused-ring (bicyclic) bond motifs is 2. The van der Waals surface area contributed by atoms with Crippen molar-refractivity contribution in [1.29, 1.82) is 0 Å². The summed E-state index contributed by atoms with van der Waals surface area (Å²) in [4.78, 5) is 37.8. The van der Waals surface area contributed by atoms with Gasteiger partial charge in [-0.3, -0.25) is 4.79 Å². The monoisotopic (exact) mass is 373 g/mol. The summed E-state index contributed by atoms with van der Waals surface area (Å²) >= 11 is 0. The molecule has 1 saturated carbocycles. The lowest BCUT2D eigenvalue weighted by Gasteiger charge is -2.39. The van der Waals surface area contributed by atoms with E-state index < -0.39 is 29.7 Å². The summed E-state index contributed by atoms with van der Waals surface area (Å²) in [6, 6.07) is 8.57. The van der Waals surface area contributed by atoms with Gasteiger partial charge in [-0.25, -0.2) is 9.59 Å². The second-order valence-corrected chi connectivity index (χ2v) is 6.52. The Hall–Kier alpha value is -2.83. The fraction of sp³-hybridized carbons (Fsp3) is 0.450. The van der Waals surface area contributed by atoms with Crippen molar-refractivity contribution >= 4 is 18.0 Å². The van der Waals surface area contributed by atoms with Crippen LogP contribution in [-0.4, -0.2) is 42.9 Å². The van der Waals surface area contributed by atoms with Gasteiger partial charge < -0.3 is 19.5 Å². The van der Waals surface area contributed by atoms with E-state index in [9.17, 15) is 14.4 Å². The molecule has 144 valence electrons. The van der Waals surface area contributed by atoms with Gasteiger partial charge in [0.15, 0.2) is 5.54 Å². The summed E-state index contributed by atoms with van der Waals surface area (Å²) in [6.07, 6.45) is 2.60. The maximum Gasteiger partial charge on any atom is 0.508 e. The van der Waals surface area contributed by atoms with Crippen LogP contribution in [0.25, 0.3) is 0 Å². The molecule has 1 fully saturated rings. The Morgan fingerprint density at radius 2 is 1.78 bits per heavy atom. The average Bonchev–Trinajstić information content (AvgIpc) is 3.25. The Morgan fingerprint density at radius 1 is 1.07 bits per heavy atom. The molecule has 0 aromatic heterocycles. The fourth-order valence-corrected chi connectivity index (χ4v) is 3.86. The molecule has 7 heteroatoms. The minimum Gasteiger partial charge on any atom is -0.464 e. The van der Waals surface area contributed by atoms with E-state index in [0.29, 0.717) is 12.0 Å². The lowest BCUT2D eigenvalue weighted by Crippen LogP contribution is -2.65. The Kier molecular flexibility index (Phi) is 5.48. The van der Waals surface area contributed by atoms with Crippen molar-refractivity contribution in [3.8, 4) is 0 Å². The van der Waals surface area contributed by atoms with Gasteiger partial charge in [0.05, 0.1) is 13.2 Å². The normalized spacial score (nSPS) is 27.9. The van der Waals surface area contributed by atoms with Crippen LogP contribution in [0.15, 0.2) is 42.5 Å². The molecule has 0 unspecified atom stereocenters. The van der Waals surface area contributed by atoms with Crippen molar-refractivity contribution < 1.29 is 28.6 Å². The number of hydrogen-bond acceptors (Lipinski definition) is 6. The first-order chi connectivity index (χ1) is 13.0. The number of rotatable bonds is 6. The second-order valence-electron chi connectivity index (χ2n) is 6.52. The van der Waals surface area contributed by atoms with Crippen LogP contribution in [0.1, 0.15) is 30.6 Å². The molecule has 0 saturated heterocycles. The molecule has 0 heterocycles. The molecule has 1 aromatic rings. The minimum absolute atomic E-state index is 0.148. The van der Waals surface area contributed by atoms with Crippen molar-refractivity contribution in [2.24, 2.45) is 11.8 Å². The van der Waals surface area contributed by atoms with E-state index in [-0.39, 0.29) is 25.0 Å². The third-order valence-corrected chi connectivity index (χ3v) is 4.99. The molecule has 7 nitrogen and oxygen atoms in total. The average molecular weight is 373 g/mol. The van der Waals surface area contributed by atoms with Gasteiger partial charge in [0.2, 0.25) is 0 Å². The van der Waals surface area contributed by atoms with Crippen LogP contribution in [0.5, 0.6) is 0 Å². The first-order valence-corrected chi connectivity index (χ1v) is 9.09. The molecule has 1 amide bonds. The molecule has 0 radical (unpaired) electrons. The van der Waals surface area contributed by atoms with Gasteiger partial charge >= 0.3 is 12.1 Å². The van der Waals surface area contributed by atoms with Gasteiger partial charge in [0.1, 0.15) is 6.10 Å². The predicted octanol–water partition coefficient (Wildman–Crippen LogP) is 2.47. The van der Waals surface area contributed by atoms with Gasteiger partial charge in [0.25, 0.3) is 5.91 Å². The lowest BCUT2D eigenvalue weighted by atomic mass is 9.81. The maximum absolute atomic E-state index is 13.0. The molecule has 1 N–H and O–H groups in total. The minimum atomic E-state index is -1.48. The van der Waals surface area contributed by atoms with E-state index in [2.05, 4.69) is 5.32 Å². The molecule has 2 bridgehead atoms. The van der Waals surface area contributed by atoms with Crippen molar-refractivity contribution in [3.63, 3.8) is 0 Å². The summed E-state index contributed by atoms with van der Waals surface area (Å²) in [5, 5.41) is 2.82. The quantitative estimate of drug-likeness (QED) is 0.608. The highest BCUT2D eigenvalue weighted by atomic mass is 16.7. The molecule has 0 aliphatic heterocycles. The Labute approximate surface area is 157 Å². The molecule has 3 rings (SSSR count).